The maximum Gasteiger partial charge on any atom is 0.210 e. The fraction of sp³-hybridized carbons (Fsp3) is 0.200. The van der Waals surface area contributed by atoms with Gasteiger partial charge in [0.15, 0.2) is 0 Å². The van der Waals surface area contributed by atoms with E-state index in [1.165, 1.54) is 22.9 Å². The molecule has 3 aromatic rings. The first kappa shape index (κ1) is 17.1. The zero-order valence-corrected chi connectivity index (χ0v) is 15.2. The number of thioether (sulfide) groups is 1. The van der Waals surface area contributed by atoms with Gasteiger partial charge in [-0.3, -0.25) is 0 Å². The summed E-state index contributed by atoms with van der Waals surface area (Å²) in [5, 5.41) is 18.0. The van der Waals surface area contributed by atoms with Crippen molar-refractivity contribution in [3.63, 3.8) is 0 Å². The molecular weight excluding hydrogens is 328 g/mol. The van der Waals surface area contributed by atoms with Gasteiger partial charge in [0.05, 0.1) is 11.3 Å². The van der Waals surface area contributed by atoms with Crippen LogP contribution in [0.1, 0.15) is 18.1 Å². The molecule has 1 heterocycles. The van der Waals surface area contributed by atoms with Crippen LogP contribution < -0.4 is 0 Å². The summed E-state index contributed by atoms with van der Waals surface area (Å²) in [6.45, 7) is 5.93. The Kier molecular flexibility index (Phi) is 5.11. The van der Waals surface area contributed by atoms with Crippen LogP contribution in [0.15, 0.2) is 53.7 Å². The SMILES string of the molecule is Cc1ccc(-c2nnc(S[C@H](C)C#N)nc2-c2ccc(C)cc2)cc1. The lowest BCUT2D eigenvalue weighted by molar-refractivity contribution is 0.848. The Labute approximate surface area is 152 Å². The quantitative estimate of drug-likeness (QED) is 0.633. The van der Waals surface area contributed by atoms with E-state index in [-0.39, 0.29) is 5.25 Å². The lowest BCUT2D eigenvalue weighted by Gasteiger charge is -2.10. The van der Waals surface area contributed by atoms with Gasteiger partial charge >= 0.3 is 0 Å². The van der Waals surface area contributed by atoms with Crippen LogP contribution in [0.5, 0.6) is 0 Å². The van der Waals surface area contributed by atoms with Gasteiger partial charge in [0.2, 0.25) is 5.16 Å². The molecule has 4 nitrogen and oxygen atoms in total. The van der Waals surface area contributed by atoms with Crippen molar-refractivity contribution in [3.05, 3.63) is 59.7 Å². The normalized spacial score (nSPS) is 11.8. The third-order valence-electron chi connectivity index (χ3n) is 3.78. The number of benzene rings is 2. The summed E-state index contributed by atoms with van der Waals surface area (Å²) < 4.78 is 0. The van der Waals surface area contributed by atoms with E-state index >= 15 is 0 Å². The van der Waals surface area contributed by atoms with E-state index in [1.54, 1.807) is 0 Å². The first-order valence-electron chi connectivity index (χ1n) is 8.02. The van der Waals surface area contributed by atoms with Crippen LogP contribution in [0.4, 0.5) is 0 Å². The Hall–Kier alpha value is -2.71. The number of nitriles is 1. The number of aromatic nitrogens is 3. The second-order valence-corrected chi connectivity index (χ2v) is 7.22. The number of hydrogen-bond donors (Lipinski definition) is 0. The maximum atomic E-state index is 9.02. The van der Waals surface area contributed by atoms with E-state index in [0.717, 1.165) is 22.5 Å². The van der Waals surface area contributed by atoms with Crippen molar-refractivity contribution in [3.8, 4) is 28.6 Å². The smallest absolute Gasteiger partial charge is 0.210 e. The van der Waals surface area contributed by atoms with Crippen molar-refractivity contribution in [2.24, 2.45) is 0 Å². The van der Waals surface area contributed by atoms with Gasteiger partial charge in [-0.2, -0.15) is 5.26 Å². The second kappa shape index (κ2) is 7.45. The highest BCUT2D eigenvalue weighted by Gasteiger charge is 2.15. The Morgan fingerprint density at radius 2 is 1.36 bits per heavy atom. The third kappa shape index (κ3) is 4.04. The molecule has 0 aliphatic carbocycles. The van der Waals surface area contributed by atoms with Gasteiger partial charge in [0.25, 0.3) is 0 Å². The highest BCUT2D eigenvalue weighted by Crippen LogP contribution is 2.31. The average molecular weight is 346 g/mol. The van der Waals surface area contributed by atoms with Crippen molar-refractivity contribution >= 4 is 11.8 Å². The van der Waals surface area contributed by atoms with Gasteiger partial charge < -0.3 is 0 Å². The van der Waals surface area contributed by atoms with Gasteiger partial charge in [-0.25, -0.2) is 4.98 Å². The van der Waals surface area contributed by atoms with E-state index in [4.69, 9.17) is 10.2 Å². The van der Waals surface area contributed by atoms with Crippen LogP contribution >= 0.6 is 11.8 Å². The predicted molar refractivity (Wildman–Crippen MR) is 101 cm³/mol. The molecular formula is C20H18N4S. The highest BCUT2D eigenvalue weighted by molar-refractivity contribution is 7.99. The summed E-state index contributed by atoms with van der Waals surface area (Å²) in [5.74, 6) is 0. The Balaban J connectivity index is 2.12. The zero-order chi connectivity index (χ0) is 17.8. The summed E-state index contributed by atoms with van der Waals surface area (Å²) in [6, 6.07) is 18.5. The molecule has 25 heavy (non-hydrogen) atoms. The maximum absolute atomic E-state index is 9.02. The second-order valence-electron chi connectivity index (χ2n) is 5.91. The lowest BCUT2D eigenvalue weighted by atomic mass is 10.0. The Morgan fingerprint density at radius 3 is 1.88 bits per heavy atom. The van der Waals surface area contributed by atoms with Gasteiger partial charge in [-0.05, 0) is 20.8 Å². The molecule has 0 aliphatic rings. The van der Waals surface area contributed by atoms with Crippen LogP contribution in [-0.4, -0.2) is 20.4 Å². The van der Waals surface area contributed by atoms with Crippen LogP contribution in [0, 0.1) is 25.2 Å². The zero-order valence-electron chi connectivity index (χ0n) is 14.4. The van der Waals surface area contributed by atoms with Crippen molar-refractivity contribution in [1.82, 2.24) is 15.2 Å². The van der Waals surface area contributed by atoms with Crippen LogP contribution in [0.3, 0.4) is 0 Å². The largest absolute Gasteiger partial charge is 0.219 e. The van der Waals surface area contributed by atoms with Crippen molar-refractivity contribution < 1.29 is 0 Å². The molecule has 1 atom stereocenters. The molecule has 0 amide bonds. The number of hydrogen-bond acceptors (Lipinski definition) is 5. The van der Waals surface area contributed by atoms with Gasteiger partial charge in [-0.1, -0.05) is 71.4 Å². The summed E-state index contributed by atoms with van der Waals surface area (Å²) in [6.07, 6.45) is 0. The van der Waals surface area contributed by atoms with Crippen LogP contribution in [0.2, 0.25) is 0 Å². The molecule has 1 aromatic heterocycles. The first-order chi connectivity index (χ1) is 12.1. The summed E-state index contributed by atoms with van der Waals surface area (Å²) >= 11 is 1.32. The minimum atomic E-state index is -0.224. The molecule has 0 unspecified atom stereocenters. The number of rotatable bonds is 4. The molecule has 0 N–H and O–H groups in total. The molecule has 0 fully saturated rings. The van der Waals surface area contributed by atoms with E-state index < -0.39 is 0 Å². The lowest BCUT2D eigenvalue weighted by Crippen LogP contribution is -2.01. The Morgan fingerprint density at radius 1 is 0.840 bits per heavy atom. The summed E-state index contributed by atoms with van der Waals surface area (Å²) in [5.41, 5.74) is 5.88. The van der Waals surface area contributed by atoms with E-state index in [9.17, 15) is 0 Å². The van der Waals surface area contributed by atoms with Gasteiger partial charge in [0.1, 0.15) is 11.4 Å². The molecule has 0 saturated carbocycles. The number of aryl methyl sites for hydroxylation is 2. The Bertz CT molecular complexity index is 912. The van der Waals surface area contributed by atoms with Gasteiger partial charge in [-0.15, -0.1) is 10.2 Å². The standard InChI is InChI=1S/C20H18N4S/c1-13-4-8-16(9-5-13)18-19(17-10-6-14(2)7-11-17)23-24-20(22-18)25-15(3)12-21/h4-11,15H,1-3H3/t15-/m1/s1. The topological polar surface area (TPSA) is 62.5 Å². The first-order valence-corrected chi connectivity index (χ1v) is 8.90. The summed E-state index contributed by atoms with van der Waals surface area (Å²) in [7, 11) is 0. The molecule has 5 heteroatoms. The van der Waals surface area contributed by atoms with Crippen molar-refractivity contribution in [2.75, 3.05) is 0 Å². The molecule has 0 spiro atoms. The molecule has 0 bridgehead atoms. The number of nitrogens with zero attached hydrogens (tertiary/aromatic N) is 4. The monoisotopic (exact) mass is 346 g/mol. The minimum absolute atomic E-state index is 0.224. The van der Waals surface area contributed by atoms with E-state index in [1.807, 2.05) is 31.2 Å². The fourth-order valence-corrected chi connectivity index (χ4v) is 2.96. The molecule has 124 valence electrons. The van der Waals surface area contributed by atoms with Crippen LogP contribution in [-0.2, 0) is 0 Å². The van der Waals surface area contributed by atoms with Crippen molar-refractivity contribution in [2.45, 2.75) is 31.2 Å². The molecule has 0 saturated heterocycles. The summed E-state index contributed by atoms with van der Waals surface area (Å²) in [4.78, 5) is 4.70. The molecule has 3 rings (SSSR count). The molecule has 2 aromatic carbocycles. The molecule has 0 aliphatic heterocycles. The van der Waals surface area contributed by atoms with Crippen LogP contribution in [0.25, 0.3) is 22.5 Å². The highest BCUT2D eigenvalue weighted by atomic mass is 32.2. The minimum Gasteiger partial charge on any atom is -0.219 e. The predicted octanol–water partition coefficient (Wildman–Crippen LogP) is 4.83. The third-order valence-corrected chi connectivity index (χ3v) is 4.62. The van der Waals surface area contributed by atoms with Crippen molar-refractivity contribution in [1.29, 1.82) is 5.26 Å². The fourth-order valence-electron chi connectivity index (χ4n) is 2.36. The average Bonchev–Trinajstić information content (AvgIpc) is 2.63. The van der Waals surface area contributed by atoms with Gasteiger partial charge in [0, 0.05) is 11.1 Å². The van der Waals surface area contributed by atoms with E-state index in [0.29, 0.717) is 5.16 Å². The van der Waals surface area contributed by atoms with E-state index in [2.05, 4.69) is 54.4 Å². The molecule has 0 radical (unpaired) electrons.